The van der Waals surface area contributed by atoms with Gasteiger partial charge in [0.15, 0.2) is 0 Å². The molecule has 2 atom stereocenters. The van der Waals surface area contributed by atoms with Gasteiger partial charge in [-0.25, -0.2) is 0 Å². The molecule has 0 aliphatic heterocycles. The van der Waals surface area contributed by atoms with Crippen LogP contribution in [0.2, 0.25) is 0 Å². The Morgan fingerprint density at radius 1 is 0.667 bits per heavy atom. The minimum atomic E-state index is -0.490. The lowest BCUT2D eigenvalue weighted by Crippen LogP contribution is -2.24. The third-order valence-electron chi connectivity index (χ3n) is 7.91. The fourth-order valence-corrected chi connectivity index (χ4v) is 4.71. The first-order chi connectivity index (χ1) is 18.7. The van der Waals surface area contributed by atoms with Crippen LogP contribution in [0.3, 0.4) is 0 Å². The molecular formula is C35H36N4. The van der Waals surface area contributed by atoms with Crippen LogP contribution in [-0.2, 0) is 5.41 Å². The second kappa shape index (κ2) is 11.6. The first kappa shape index (κ1) is 27.7. The van der Waals surface area contributed by atoms with E-state index in [1.807, 2.05) is 48.5 Å². The van der Waals surface area contributed by atoms with Crippen molar-refractivity contribution >= 4 is 0 Å². The summed E-state index contributed by atoms with van der Waals surface area (Å²) in [6, 6.07) is 28.6. The maximum Gasteiger partial charge on any atom is 0.0991 e. The standard InChI is InChI=1S/C35H36N4/c1-7-23(3)29-17-31(27-13-9-11-25(15-27)21-36)38-33(19-29)35(5,6)34-20-30(24(4)8-2)18-32(39-34)28-14-10-12-26(16-28)22-37/h9-20,23-24H,7-8H2,1-6H3. The lowest BCUT2D eigenvalue weighted by atomic mass is 9.81. The molecule has 0 saturated heterocycles. The van der Waals surface area contributed by atoms with Crippen LogP contribution in [0.4, 0.5) is 0 Å². The quantitative estimate of drug-likeness (QED) is 0.236. The molecule has 196 valence electrons. The molecule has 2 aromatic heterocycles. The summed E-state index contributed by atoms with van der Waals surface area (Å²) in [5, 5.41) is 18.9. The Morgan fingerprint density at radius 3 is 1.44 bits per heavy atom. The molecule has 4 rings (SSSR count). The molecule has 0 radical (unpaired) electrons. The summed E-state index contributed by atoms with van der Waals surface area (Å²) in [5.74, 6) is 0.730. The average molecular weight is 513 g/mol. The largest absolute Gasteiger partial charge is 0.252 e. The Bertz CT molecular complexity index is 1450. The van der Waals surface area contributed by atoms with E-state index in [-0.39, 0.29) is 0 Å². The topological polar surface area (TPSA) is 73.4 Å². The molecule has 0 fully saturated rings. The van der Waals surface area contributed by atoms with Gasteiger partial charge in [-0.1, -0.05) is 52.0 Å². The molecule has 4 aromatic rings. The Balaban J connectivity index is 1.92. The second-order valence-electron chi connectivity index (χ2n) is 11.0. The lowest BCUT2D eigenvalue weighted by Gasteiger charge is -2.28. The molecule has 0 N–H and O–H groups in total. The molecule has 0 aliphatic carbocycles. The molecule has 2 heterocycles. The van der Waals surface area contributed by atoms with Gasteiger partial charge < -0.3 is 0 Å². The van der Waals surface area contributed by atoms with Gasteiger partial charge >= 0.3 is 0 Å². The Kier molecular flexibility index (Phi) is 8.27. The number of rotatable bonds is 8. The van der Waals surface area contributed by atoms with Gasteiger partial charge in [-0.05, 0) is 98.2 Å². The van der Waals surface area contributed by atoms with Gasteiger partial charge in [-0.3, -0.25) is 9.97 Å². The molecule has 2 aromatic carbocycles. The van der Waals surface area contributed by atoms with Crippen LogP contribution in [0.25, 0.3) is 22.5 Å². The summed E-state index contributed by atoms with van der Waals surface area (Å²) in [6.07, 6.45) is 2.03. The van der Waals surface area contributed by atoms with Gasteiger partial charge in [-0.15, -0.1) is 0 Å². The summed E-state index contributed by atoms with van der Waals surface area (Å²) in [4.78, 5) is 10.4. The first-order valence-corrected chi connectivity index (χ1v) is 13.8. The predicted molar refractivity (Wildman–Crippen MR) is 158 cm³/mol. The monoisotopic (exact) mass is 512 g/mol. The number of pyridine rings is 2. The van der Waals surface area contributed by atoms with E-state index in [1.165, 1.54) is 11.1 Å². The van der Waals surface area contributed by atoms with Crippen LogP contribution < -0.4 is 0 Å². The smallest absolute Gasteiger partial charge is 0.0991 e. The van der Waals surface area contributed by atoms with Crippen molar-refractivity contribution in [2.45, 2.75) is 71.6 Å². The van der Waals surface area contributed by atoms with E-state index < -0.39 is 5.41 Å². The predicted octanol–water partition coefficient (Wildman–Crippen LogP) is 8.91. The highest BCUT2D eigenvalue weighted by Crippen LogP contribution is 2.37. The minimum Gasteiger partial charge on any atom is -0.252 e. The van der Waals surface area contributed by atoms with Crippen molar-refractivity contribution in [1.29, 1.82) is 10.5 Å². The van der Waals surface area contributed by atoms with Crippen molar-refractivity contribution in [2.24, 2.45) is 0 Å². The summed E-state index contributed by atoms with van der Waals surface area (Å²) >= 11 is 0. The number of aromatic nitrogens is 2. The fraction of sp³-hybridized carbons (Fsp3) is 0.314. The molecule has 2 unspecified atom stereocenters. The van der Waals surface area contributed by atoms with Crippen molar-refractivity contribution < 1.29 is 0 Å². The number of hydrogen-bond acceptors (Lipinski definition) is 4. The highest BCUT2D eigenvalue weighted by atomic mass is 14.8. The average Bonchev–Trinajstić information content (AvgIpc) is 2.99. The molecule has 0 bridgehead atoms. The van der Waals surface area contributed by atoms with E-state index in [9.17, 15) is 10.5 Å². The molecule has 0 spiro atoms. The summed E-state index contributed by atoms with van der Waals surface area (Å²) in [6.45, 7) is 13.2. The SMILES string of the molecule is CCC(C)c1cc(-c2cccc(C#N)c2)nc(C(C)(C)c2cc(C(C)CC)cc(-c3cccc(C#N)c3)n2)c1. The van der Waals surface area contributed by atoms with Crippen LogP contribution in [0.15, 0.2) is 72.8 Å². The normalized spacial score (nSPS) is 12.8. The zero-order chi connectivity index (χ0) is 28.2. The van der Waals surface area contributed by atoms with Gasteiger partial charge in [0.1, 0.15) is 0 Å². The van der Waals surface area contributed by atoms with E-state index >= 15 is 0 Å². The molecule has 0 amide bonds. The lowest BCUT2D eigenvalue weighted by molar-refractivity contribution is 0.589. The summed E-state index contributed by atoms with van der Waals surface area (Å²) in [7, 11) is 0. The van der Waals surface area contributed by atoms with Crippen LogP contribution in [0, 0.1) is 22.7 Å². The van der Waals surface area contributed by atoms with E-state index in [0.717, 1.165) is 46.7 Å². The van der Waals surface area contributed by atoms with E-state index in [2.05, 4.69) is 77.9 Å². The Morgan fingerprint density at radius 2 is 1.08 bits per heavy atom. The van der Waals surface area contributed by atoms with Crippen LogP contribution in [-0.4, -0.2) is 9.97 Å². The van der Waals surface area contributed by atoms with Crippen molar-refractivity contribution in [2.75, 3.05) is 0 Å². The van der Waals surface area contributed by atoms with E-state index in [0.29, 0.717) is 23.0 Å². The third-order valence-corrected chi connectivity index (χ3v) is 7.91. The maximum absolute atomic E-state index is 9.47. The molecule has 0 aliphatic rings. The highest BCUT2D eigenvalue weighted by molar-refractivity contribution is 5.65. The van der Waals surface area contributed by atoms with Gasteiger partial charge in [0.25, 0.3) is 0 Å². The first-order valence-electron chi connectivity index (χ1n) is 13.8. The maximum atomic E-state index is 9.47. The van der Waals surface area contributed by atoms with Gasteiger partial charge in [0.05, 0.1) is 46.0 Å². The third kappa shape index (κ3) is 5.92. The van der Waals surface area contributed by atoms with Gasteiger partial charge in [0, 0.05) is 16.5 Å². The van der Waals surface area contributed by atoms with E-state index in [1.54, 1.807) is 0 Å². The number of hydrogen-bond donors (Lipinski definition) is 0. The minimum absolute atomic E-state index is 0.365. The molecular weight excluding hydrogens is 476 g/mol. The number of benzene rings is 2. The summed E-state index contributed by atoms with van der Waals surface area (Å²) < 4.78 is 0. The molecule has 4 heteroatoms. The van der Waals surface area contributed by atoms with Crippen LogP contribution in [0.5, 0.6) is 0 Å². The van der Waals surface area contributed by atoms with Gasteiger partial charge in [-0.2, -0.15) is 10.5 Å². The van der Waals surface area contributed by atoms with Crippen molar-refractivity contribution in [3.8, 4) is 34.7 Å². The van der Waals surface area contributed by atoms with E-state index in [4.69, 9.17) is 9.97 Å². The zero-order valence-electron chi connectivity index (χ0n) is 23.8. The molecule has 0 saturated carbocycles. The molecule has 39 heavy (non-hydrogen) atoms. The number of nitrogens with zero attached hydrogens (tertiary/aromatic N) is 4. The Labute approximate surface area is 233 Å². The molecule has 4 nitrogen and oxygen atoms in total. The fourth-order valence-electron chi connectivity index (χ4n) is 4.71. The number of nitriles is 2. The van der Waals surface area contributed by atoms with Crippen molar-refractivity contribution in [3.05, 3.63) is 106 Å². The van der Waals surface area contributed by atoms with Crippen LogP contribution >= 0.6 is 0 Å². The van der Waals surface area contributed by atoms with Crippen molar-refractivity contribution in [1.82, 2.24) is 9.97 Å². The zero-order valence-corrected chi connectivity index (χ0v) is 23.8. The summed E-state index contributed by atoms with van der Waals surface area (Å²) in [5.41, 5.74) is 8.72. The Hall–Kier alpha value is -4.28. The van der Waals surface area contributed by atoms with Gasteiger partial charge in [0.2, 0.25) is 0 Å². The van der Waals surface area contributed by atoms with Crippen LogP contribution in [0.1, 0.15) is 99.9 Å². The van der Waals surface area contributed by atoms with Crippen molar-refractivity contribution in [3.63, 3.8) is 0 Å². The highest BCUT2D eigenvalue weighted by Gasteiger charge is 2.29. The second-order valence-corrected chi connectivity index (χ2v) is 11.0.